The van der Waals surface area contributed by atoms with E-state index in [0.29, 0.717) is 19.1 Å². The van der Waals surface area contributed by atoms with Crippen molar-refractivity contribution < 1.29 is 14.3 Å². The summed E-state index contributed by atoms with van der Waals surface area (Å²) >= 11 is 0. The van der Waals surface area contributed by atoms with E-state index in [2.05, 4.69) is 28.6 Å². The van der Waals surface area contributed by atoms with Crippen molar-refractivity contribution in [2.45, 2.75) is 58.2 Å². The van der Waals surface area contributed by atoms with E-state index in [1.54, 1.807) is 7.11 Å². The Morgan fingerprint density at radius 2 is 2.04 bits per heavy atom. The Bertz CT molecular complexity index is 572. The van der Waals surface area contributed by atoms with Crippen molar-refractivity contribution in [2.24, 2.45) is 5.92 Å². The number of hydrogen-bond acceptors (Lipinski definition) is 5. The molecule has 7 nitrogen and oxygen atoms in total. The van der Waals surface area contributed by atoms with Gasteiger partial charge in [0.25, 0.3) is 0 Å². The van der Waals surface area contributed by atoms with Gasteiger partial charge in [0.2, 0.25) is 5.91 Å². The Kier molecular flexibility index (Phi) is 5.50. The maximum absolute atomic E-state index is 12.6. The van der Waals surface area contributed by atoms with E-state index in [1.807, 2.05) is 4.90 Å². The van der Waals surface area contributed by atoms with Crippen molar-refractivity contribution in [2.75, 3.05) is 26.9 Å². The monoisotopic (exact) mass is 336 g/mol. The van der Waals surface area contributed by atoms with E-state index in [4.69, 9.17) is 9.47 Å². The van der Waals surface area contributed by atoms with Crippen LogP contribution in [0.5, 0.6) is 0 Å². The molecule has 0 unspecified atom stereocenters. The molecule has 0 N–H and O–H groups in total. The minimum absolute atomic E-state index is 0.0859. The van der Waals surface area contributed by atoms with Crippen LogP contribution in [0.25, 0.3) is 0 Å². The molecule has 7 heteroatoms. The Hall–Kier alpha value is -1.47. The first kappa shape index (κ1) is 17.4. The van der Waals surface area contributed by atoms with Gasteiger partial charge in [0.05, 0.1) is 19.3 Å². The third-order valence-electron chi connectivity index (χ3n) is 4.87. The van der Waals surface area contributed by atoms with Gasteiger partial charge in [-0.2, -0.15) is 0 Å². The summed E-state index contributed by atoms with van der Waals surface area (Å²) in [5.74, 6) is 2.71. The van der Waals surface area contributed by atoms with Gasteiger partial charge >= 0.3 is 0 Å². The zero-order chi connectivity index (χ0) is 17.1. The fraction of sp³-hybridized carbons (Fsp3) is 0.824. The highest BCUT2D eigenvalue weighted by molar-refractivity contribution is 5.78. The lowest BCUT2D eigenvalue weighted by molar-refractivity contribution is -0.139. The summed E-state index contributed by atoms with van der Waals surface area (Å²) in [5, 5.41) is 8.78. The molecule has 3 rings (SSSR count). The molecule has 2 bridgehead atoms. The number of carbonyl (C=O) groups excluding carboxylic acids is 1. The lowest BCUT2D eigenvalue weighted by Crippen LogP contribution is -2.44. The van der Waals surface area contributed by atoms with E-state index >= 15 is 0 Å². The highest BCUT2D eigenvalue weighted by Crippen LogP contribution is 2.31. The van der Waals surface area contributed by atoms with Gasteiger partial charge in [-0.25, -0.2) is 0 Å². The Morgan fingerprint density at radius 1 is 1.25 bits per heavy atom. The summed E-state index contributed by atoms with van der Waals surface area (Å²) < 4.78 is 12.6. The molecule has 2 atom stereocenters. The maximum Gasteiger partial charge on any atom is 0.249 e. The zero-order valence-corrected chi connectivity index (χ0v) is 14.9. The summed E-state index contributed by atoms with van der Waals surface area (Å²) in [6.07, 6.45) is 3.82. The first-order chi connectivity index (χ1) is 11.6. The minimum atomic E-state index is 0.0859. The largest absolute Gasteiger partial charge is 0.382 e. The molecule has 134 valence electrons. The number of fused-ring (bicyclic) bond motifs is 3. The van der Waals surface area contributed by atoms with Gasteiger partial charge in [-0.3, -0.25) is 4.79 Å². The van der Waals surface area contributed by atoms with Crippen LogP contribution >= 0.6 is 0 Å². The molecule has 0 aromatic carbocycles. The molecule has 2 aliphatic heterocycles. The van der Waals surface area contributed by atoms with Gasteiger partial charge in [-0.05, 0) is 18.8 Å². The highest BCUT2D eigenvalue weighted by Gasteiger charge is 2.40. The first-order valence-electron chi connectivity index (χ1n) is 8.89. The molecular weight excluding hydrogens is 308 g/mol. The molecule has 3 heterocycles. The number of aromatic nitrogens is 3. The van der Waals surface area contributed by atoms with Gasteiger partial charge in [0.15, 0.2) is 0 Å². The molecule has 24 heavy (non-hydrogen) atoms. The number of rotatable bonds is 7. The van der Waals surface area contributed by atoms with Gasteiger partial charge in [0, 0.05) is 32.5 Å². The Morgan fingerprint density at radius 3 is 2.79 bits per heavy atom. The summed E-state index contributed by atoms with van der Waals surface area (Å²) in [6.45, 7) is 6.30. The van der Waals surface area contributed by atoms with Crippen LogP contribution in [0, 0.1) is 5.92 Å². The minimum Gasteiger partial charge on any atom is -0.382 e. The van der Waals surface area contributed by atoms with Crippen molar-refractivity contribution in [3.8, 4) is 0 Å². The maximum atomic E-state index is 12.6. The number of amides is 1. The van der Waals surface area contributed by atoms with E-state index in [9.17, 15) is 4.79 Å². The van der Waals surface area contributed by atoms with Crippen molar-refractivity contribution in [3.05, 3.63) is 11.6 Å². The molecule has 1 aromatic heterocycles. The first-order valence-corrected chi connectivity index (χ1v) is 8.89. The molecule has 1 amide bonds. The summed E-state index contributed by atoms with van der Waals surface area (Å²) in [5.41, 5.74) is 0. The van der Waals surface area contributed by atoms with Crippen molar-refractivity contribution in [1.29, 1.82) is 0 Å². The predicted molar refractivity (Wildman–Crippen MR) is 88.6 cm³/mol. The third kappa shape index (κ3) is 3.62. The second-order valence-electron chi connectivity index (χ2n) is 7.18. The predicted octanol–water partition coefficient (Wildman–Crippen LogP) is 1.06. The lowest BCUT2D eigenvalue weighted by Gasteiger charge is -2.28. The van der Waals surface area contributed by atoms with E-state index in [-0.39, 0.29) is 24.6 Å². The molecule has 2 aliphatic rings. The average Bonchev–Trinajstić information content (AvgIpc) is 3.03. The van der Waals surface area contributed by atoms with E-state index in [1.165, 1.54) is 0 Å². The topological polar surface area (TPSA) is 69.5 Å². The van der Waals surface area contributed by atoms with Crippen LogP contribution in [0.15, 0.2) is 0 Å². The molecule has 0 spiro atoms. The fourth-order valence-electron chi connectivity index (χ4n) is 3.80. The second-order valence-corrected chi connectivity index (χ2v) is 7.18. The Labute approximate surface area is 143 Å². The number of carbonyl (C=O) groups is 1. The summed E-state index contributed by atoms with van der Waals surface area (Å²) in [7, 11) is 1.63. The second kappa shape index (κ2) is 7.61. The van der Waals surface area contributed by atoms with Crippen LogP contribution in [0.1, 0.15) is 38.3 Å². The number of methoxy groups -OCH3 is 1. The van der Waals surface area contributed by atoms with Crippen molar-refractivity contribution >= 4 is 5.91 Å². The molecule has 1 aromatic rings. The van der Waals surface area contributed by atoms with Crippen LogP contribution in [0.4, 0.5) is 0 Å². The molecular formula is C17H28N4O3. The quantitative estimate of drug-likeness (QED) is 0.696. The third-order valence-corrected chi connectivity index (χ3v) is 4.87. The van der Waals surface area contributed by atoms with Crippen LogP contribution < -0.4 is 0 Å². The standard InChI is InChI=1S/C17H28N4O3/c1-12(2)8-15-18-19-16-9-13-4-5-14(10-20(15)16)21(13)17(22)11-24-7-6-23-3/h12-14H,4-11H2,1-3H3/t13-,14+/m0/s1. The van der Waals surface area contributed by atoms with Gasteiger partial charge in [-0.1, -0.05) is 13.8 Å². The van der Waals surface area contributed by atoms with Crippen LogP contribution in [-0.4, -0.2) is 64.6 Å². The van der Waals surface area contributed by atoms with Gasteiger partial charge < -0.3 is 18.9 Å². The normalized spacial score (nSPS) is 22.8. The molecule has 0 saturated carbocycles. The van der Waals surface area contributed by atoms with Crippen molar-refractivity contribution in [3.63, 3.8) is 0 Å². The SMILES string of the molecule is COCCOCC(=O)N1[C@@H]2CC[C@H]1Cc1nnc(CC(C)C)n1C2. The van der Waals surface area contributed by atoms with Gasteiger partial charge in [0.1, 0.15) is 18.3 Å². The molecule has 1 fully saturated rings. The Balaban J connectivity index is 1.68. The molecule has 1 saturated heterocycles. The van der Waals surface area contributed by atoms with Crippen molar-refractivity contribution in [1.82, 2.24) is 19.7 Å². The summed E-state index contributed by atoms with van der Waals surface area (Å²) in [4.78, 5) is 14.7. The van der Waals surface area contributed by atoms with Gasteiger partial charge in [-0.15, -0.1) is 10.2 Å². The lowest BCUT2D eigenvalue weighted by atomic mass is 10.1. The molecule has 0 aliphatic carbocycles. The number of ether oxygens (including phenoxy) is 2. The van der Waals surface area contributed by atoms with E-state index in [0.717, 1.165) is 43.9 Å². The zero-order valence-electron chi connectivity index (χ0n) is 14.9. The van der Waals surface area contributed by atoms with Crippen LogP contribution in [0.2, 0.25) is 0 Å². The fourth-order valence-corrected chi connectivity index (χ4v) is 3.80. The average molecular weight is 336 g/mol. The smallest absolute Gasteiger partial charge is 0.249 e. The van der Waals surface area contributed by atoms with E-state index < -0.39 is 0 Å². The highest BCUT2D eigenvalue weighted by atomic mass is 16.5. The molecule has 0 radical (unpaired) electrons. The number of hydrogen-bond donors (Lipinski definition) is 0. The van der Waals surface area contributed by atoms with Crippen LogP contribution in [0.3, 0.4) is 0 Å². The number of nitrogens with zero attached hydrogens (tertiary/aromatic N) is 4. The van der Waals surface area contributed by atoms with Crippen LogP contribution in [-0.2, 0) is 33.7 Å². The summed E-state index contributed by atoms with van der Waals surface area (Å²) in [6, 6.07) is 0.461.